The summed E-state index contributed by atoms with van der Waals surface area (Å²) in [5.41, 5.74) is 11.8. The lowest BCUT2D eigenvalue weighted by Gasteiger charge is -2.11. The first-order valence-corrected chi connectivity index (χ1v) is 10.4. The minimum absolute atomic E-state index is 0.595. The van der Waals surface area contributed by atoms with Gasteiger partial charge in [-0.25, -0.2) is 15.0 Å². The molecule has 0 fully saturated rings. The Kier molecular flexibility index (Phi) is 7.28. The molecule has 4 heteroatoms. The first-order valence-electron chi connectivity index (χ1n) is 10.4. The minimum atomic E-state index is 0.595. The molecule has 0 atom stereocenters. The van der Waals surface area contributed by atoms with Crippen LogP contribution in [0.3, 0.4) is 0 Å². The van der Waals surface area contributed by atoms with E-state index >= 15 is 0 Å². The lowest BCUT2D eigenvalue weighted by molar-refractivity contribution is 1.04. The van der Waals surface area contributed by atoms with Crippen molar-refractivity contribution in [2.75, 3.05) is 5.73 Å². The van der Waals surface area contributed by atoms with Crippen LogP contribution in [-0.2, 0) is 0 Å². The number of rotatable bonds is 6. The molecule has 1 aromatic heterocycles. The Balaban J connectivity index is 2.24. The van der Waals surface area contributed by atoms with Crippen molar-refractivity contribution in [2.45, 2.75) is 27.7 Å². The lowest BCUT2D eigenvalue weighted by Crippen LogP contribution is -2.03. The molecule has 0 aliphatic rings. The van der Waals surface area contributed by atoms with E-state index in [0.717, 1.165) is 27.8 Å². The molecule has 2 N–H and O–H groups in total. The largest absolute Gasteiger partial charge is 0.399 e. The van der Waals surface area contributed by atoms with Gasteiger partial charge in [0.1, 0.15) is 0 Å². The van der Waals surface area contributed by atoms with Gasteiger partial charge in [-0.1, -0.05) is 66.8 Å². The van der Waals surface area contributed by atoms with E-state index in [9.17, 15) is 0 Å². The fourth-order valence-electron chi connectivity index (χ4n) is 3.32. The van der Waals surface area contributed by atoms with Crippen molar-refractivity contribution in [3.63, 3.8) is 0 Å². The van der Waals surface area contributed by atoms with Crippen LogP contribution in [0.25, 0.3) is 33.9 Å². The Morgan fingerprint density at radius 1 is 0.710 bits per heavy atom. The number of benzene rings is 2. The quantitative estimate of drug-likeness (QED) is 0.362. The monoisotopic (exact) mass is 408 g/mol. The summed E-state index contributed by atoms with van der Waals surface area (Å²) in [7, 11) is 0. The second kappa shape index (κ2) is 10.3. The van der Waals surface area contributed by atoms with Crippen LogP contribution in [0.5, 0.6) is 0 Å². The van der Waals surface area contributed by atoms with E-state index < -0.39 is 0 Å². The zero-order valence-electron chi connectivity index (χ0n) is 18.5. The van der Waals surface area contributed by atoms with Crippen LogP contribution in [0.2, 0.25) is 0 Å². The summed E-state index contributed by atoms with van der Waals surface area (Å²) in [4.78, 5) is 14.3. The van der Waals surface area contributed by atoms with Crippen LogP contribution >= 0.6 is 0 Å². The van der Waals surface area contributed by atoms with E-state index in [1.807, 2.05) is 94.5 Å². The standard InChI is InChI=1S/C27H28N4/c1-5-12-19(7-3)22-16-23(18-24(28)17-22)27-30-25(20(8-4)13-6-2)29-26(31-27)21-14-10-9-11-15-21/h5-18H,28H2,1-4H3/b12-5-,13-6-,19-7+,20-8+. The van der Waals surface area contributed by atoms with Gasteiger partial charge in [0.25, 0.3) is 0 Å². The van der Waals surface area contributed by atoms with E-state index in [-0.39, 0.29) is 0 Å². The molecule has 0 unspecified atom stereocenters. The SMILES string of the molecule is C/C=C\C(=C/C)c1cc(N)cc(-c2nc(C(/C=C\C)=C/C)nc(-c3ccccc3)n2)c1. The topological polar surface area (TPSA) is 64.7 Å². The minimum Gasteiger partial charge on any atom is -0.399 e. The zero-order valence-corrected chi connectivity index (χ0v) is 18.5. The fraction of sp³-hybridized carbons (Fsp3) is 0.148. The third-order valence-corrected chi connectivity index (χ3v) is 4.79. The molecular weight excluding hydrogens is 380 g/mol. The number of nitrogens with two attached hydrogens (primary N) is 1. The summed E-state index contributed by atoms with van der Waals surface area (Å²) < 4.78 is 0. The van der Waals surface area contributed by atoms with Crippen LogP contribution in [0.4, 0.5) is 5.69 Å². The summed E-state index contributed by atoms with van der Waals surface area (Å²) in [6, 6.07) is 15.9. The molecule has 2 aromatic carbocycles. The van der Waals surface area contributed by atoms with Crippen LogP contribution in [0, 0.1) is 0 Å². The molecule has 3 aromatic rings. The van der Waals surface area contributed by atoms with Crippen LogP contribution < -0.4 is 5.73 Å². The molecule has 0 aliphatic carbocycles. The second-order valence-corrected chi connectivity index (χ2v) is 7.00. The summed E-state index contributed by atoms with van der Waals surface area (Å²) in [6.45, 7) is 7.98. The van der Waals surface area contributed by atoms with Gasteiger partial charge in [0.15, 0.2) is 17.5 Å². The maximum absolute atomic E-state index is 6.26. The van der Waals surface area contributed by atoms with Crippen molar-refractivity contribution in [3.8, 4) is 22.8 Å². The molecule has 0 bridgehead atoms. The number of nitrogen functional groups attached to an aromatic ring is 1. The maximum Gasteiger partial charge on any atom is 0.164 e. The molecule has 156 valence electrons. The van der Waals surface area contributed by atoms with E-state index in [1.54, 1.807) is 0 Å². The first kappa shape index (κ1) is 21.9. The van der Waals surface area contributed by atoms with Gasteiger partial charge in [0.05, 0.1) is 0 Å². The van der Waals surface area contributed by atoms with Gasteiger partial charge in [-0.3, -0.25) is 0 Å². The van der Waals surface area contributed by atoms with Crippen molar-refractivity contribution in [1.29, 1.82) is 0 Å². The van der Waals surface area contributed by atoms with Gasteiger partial charge in [-0.2, -0.15) is 0 Å². The van der Waals surface area contributed by atoms with E-state index in [4.69, 9.17) is 20.7 Å². The average Bonchev–Trinajstić information content (AvgIpc) is 2.80. The smallest absolute Gasteiger partial charge is 0.164 e. The maximum atomic E-state index is 6.26. The summed E-state index contributed by atoms with van der Waals surface area (Å²) in [6.07, 6.45) is 12.1. The van der Waals surface area contributed by atoms with Crippen LogP contribution in [0.1, 0.15) is 39.1 Å². The predicted octanol–water partition coefficient (Wildman–Crippen LogP) is 6.75. The van der Waals surface area contributed by atoms with Crippen LogP contribution in [-0.4, -0.2) is 15.0 Å². The molecule has 0 radical (unpaired) electrons. The molecule has 0 spiro atoms. The summed E-state index contributed by atoms with van der Waals surface area (Å²) >= 11 is 0. The van der Waals surface area contributed by atoms with Crippen molar-refractivity contribution in [3.05, 3.63) is 96.4 Å². The normalized spacial score (nSPS) is 12.8. The highest BCUT2D eigenvalue weighted by atomic mass is 15.0. The fourth-order valence-corrected chi connectivity index (χ4v) is 3.32. The van der Waals surface area contributed by atoms with E-state index in [0.29, 0.717) is 23.2 Å². The van der Waals surface area contributed by atoms with Gasteiger partial charge < -0.3 is 5.73 Å². The third kappa shape index (κ3) is 5.23. The Morgan fingerprint density at radius 2 is 1.32 bits per heavy atom. The molecule has 1 heterocycles. The third-order valence-electron chi connectivity index (χ3n) is 4.79. The predicted molar refractivity (Wildman–Crippen MR) is 132 cm³/mol. The number of allylic oxidation sites excluding steroid dienone is 8. The number of anilines is 1. The number of hydrogen-bond acceptors (Lipinski definition) is 4. The highest BCUT2D eigenvalue weighted by Crippen LogP contribution is 2.28. The Morgan fingerprint density at radius 3 is 1.94 bits per heavy atom. The molecule has 3 rings (SSSR count). The number of aromatic nitrogens is 3. The van der Waals surface area contributed by atoms with Crippen molar-refractivity contribution >= 4 is 16.8 Å². The van der Waals surface area contributed by atoms with Gasteiger partial charge in [-0.05, 0) is 57.0 Å². The number of hydrogen-bond donors (Lipinski definition) is 1. The molecule has 0 amide bonds. The molecule has 0 saturated carbocycles. The van der Waals surface area contributed by atoms with E-state index in [1.165, 1.54) is 0 Å². The average molecular weight is 409 g/mol. The Hall–Kier alpha value is -3.79. The van der Waals surface area contributed by atoms with Crippen LogP contribution in [0.15, 0.2) is 85.0 Å². The van der Waals surface area contributed by atoms with Crippen molar-refractivity contribution in [2.24, 2.45) is 0 Å². The van der Waals surface area contributed by atoms with Gasteiger partial charge in [0, 0.05) is 22.4 Å². The highest BCUT2D eigenvalue weighted by Gasteiger charge is 2.13. The molecule has 0 aliphatic heterocycles. The molecule has 31 heavy (non-hydrogen) atoms. The summed E-state index contributed by atoms with van der Waals surface area (Å²) in [5.74, 6) is 1.86. The van der Waals surface area contributed by atoms with Gasteiger partial charge in [-0.15, -0.1) is 0 Å². The van der Waals surface area contributed by atoms with Crippen molar-refractivity contribution < 1.29 is 0 Å². The zero-order chi connectivity index (χ0) is 22.2. The Bertz CT molecular complexity index is 1170. The molecular formula is C27H28N4. The molecule has 4 nitrogen and oxygen atoms in total. The Labute approximate surface area is 184 Å². The summed E-state index contributed by atoms with van der Waals surface area (Å²) in [5, 5.41) is 0. The van der Waals surface area contributed by atoms with Gasteiger partial charge >= 0.3 is 0 Å². The molecule has 0 saturated heterocycles. The number of nitrogens with zero attached hydrogens (tertiary/aromatic N) is 3. The van der Waals surface area contributed by atoms with Crippen molar-refractivity contribution in [1.82, 2.24) is 15.0 Å². The van der Waals surface area contributed by atoms with E-state index in [2.05, 4.69) is 18.2 Å². The first-order chi connectivity index (χ1) is 15.1. The second-order valence-electron chi connectivity index (χ2n) is 7.00. The highest BCUT2D eigenvalue weighted by molar-refractivity contribution is 5.80. The van der Waals surface area contributed by atoms with Gasteiger partial charge in [0.2, 0.25) is 0 Å². The lowest BCUT2D eigenvalue weighted by atomic mass is 10.0.